The van der Waals surface area contributed by atoms with Crippen LogP contribution in [0.4, 0.5) is 0 Å². The van der Waals surface area contributed by atoms with Gasteiger partial charge < -0.3 is 19.1 Å². The Hall–Kier alpha value is -1.77. The molecule has 8 heteroatoms. The minimum atomic E-state index is -0.0282. The molecule has 1 aliphatic heterocycles. The number of ether oxygens (including phenoxy) is 1. The van der Waals surface area contributed by atoms with E-state index in [0.717, 1.165) is 23.0 Å². The van der Waals surface area contributed by atoms with Crippen LogP contribution >= 0.6 is 11.3 Å². The molecular weight excluding hydrogens is 340 g/mol. The van der Waals surface area contributed by atoms with E-state index in [2.05, 4.69) is 10.1 Å². The lowest BCUT2D eigenvalue weighted by Crippen LogP contribution is -2.30. The van der Waals surface area contributed by atoms with Crippen LogP contribution in [0.5, 0.6) is 0 Å². The molecule has 0 unspecified atom stereocenters. The van der Waals surface area contributed by atoms with Crippen LogP contribution in [0.3, 0.4) is 0 Å². The lowest BCUT2D eigenvalue weighted by molar-refractivity contribution is 0.0669. The molecule has 0 aromatic carbocycles. The molecule has 2 aromatic rings. The van der Waals surface area contributed by atoms with Crippen molar-refractivity contribution < 1.29 is 14.1 Å². The van der Waals surface area contributed by atoms with Gasteiger partial charge in [-0.1, -0.05) is 5.16 Å². The summed E-state index contributed by atoms with van der Waals surface area (Å²) in [5.41, 5.74) is 1.39. The smallest absolute Gasteiger partial charge is 0.273 e. The summed E-state index contributed by atoms with van der Waals surface area (Å²) < 4.78 is 10.9. The molecular formula is C17H24N4O3S. The van der Waals surface area contributed by atoms with Gasteiger partial charge >= 0.3 is 0 Å². The Balaban J connectivity index is 1.66. The van der Waals surface area contributed by atoms with E-state index in [9.17, 15) is 4.79 Å². The zero-order valence-corrected chi connectivity index (χ0v) is 15.9. The van der Waals surface area contributed by atoms with Crippen molar-refractivity contribution in [2.24, 2.45) is 5.92 Å². The van der Waals surface area contributed by atoms with Crippen molar-refractivity contribution in [3.8, 4) is 0 Å². The van der Waals surface area contributed by atoms with E-state index in [1.54, 1.807) is 7.11 Å². The predicted molar refractivity (Wildman–Crippen MR) is 94.6 cm³/mol. The number of aromatic nitrogens is 2. The number of hydrogen-bond acceptors (Lipinski definition) is 7. The molecule has 7 nitrogen and oxygen atoms in total. The molecule has 0 saturated carbocycles. The Morgan fingerprint density at radius 2 is 2.28 bits per heavy atom. The first-order chi connectivity index (χ1) is 12.0. The second-order valence-corrected chi connectivity index (χ2v) is 7.69. The highest BCUT2D eigenvalue weighted by molar-refractivity contribution is 7.09. The summed E-state index contributed by atoms with van der Waals surface area (Å²) in [6, 6.07) is 1.94. The van der Waals surface area contributed by atoms with E-state index >= 15 is 0 Å². The third kappa shape index (κ3) is 4.26. The zero-order chi connectivity index (χ0) is 18.0. The summed E-state index contributed by atoms with van der Waals surface area (Å²) in [5.74, 6) is 1.00. The maximum Gasteiger partial charge on any atom is 0.273 e. The fraction of sp³-hybridized carbons (Fsp3) is 0.588. The minimum absolute atomic E-state index is 0.00534. The van der Waals surface area contributed by atoms with Gasteiger partial charge in [-0.2, -0.15) is 0 Å². The molecule has 136 valence electrons. The first-order valence-corrected chi connectivity index (χ1v) is 9.17. The van der Waals surface area contributed by atoms with Crippen molar-refractivity contribution in [2.45, 2.75) is 26.0 Å². The molecule has 2 aromatic heterocycles. The highest BCUT2D eigenvalue weighted by Gasteiger charge is 2.37. The van der Waals surface area contributed by atoms with Crippen molar-refractivity contribution >= 4 is 17.2 Å². The van der Waals surface area contributed by atoms with Crippen LogP contribution < -0.4 is 0 Å². The van der Waals surface area contributed by atoms with Crippen molar-refractivity contribution in [2.75, 3.05) is 34.3 Å². The molecule has 25 heavy (non-hydrogen) atoms. The fourth-order valence-corrected chi connectivity index (χ4v) is 4.04. The molecule has 1 aliphatic rings. The molecule has 0 spiro atoms. The Bertz CT molecular complexity index is 727. The molecule has 3 heterocycles. The average Bonchev–Trinajstić information content (AvgIpc) is 3.27. The molecule has 2 atom stereocenters. The van der Waals surface area contributed by atoms with Crippen molar-refractivity contribution in [1.82, 2.24) is 19.9 Å². The summed E-state index contributed by atoms with van der Waals surface area (Å²) in [5, 5.41) is 6.72. The Morgan fingerprint density at radius 1 is 1.48 bits per heavy atom. The molecule has 1 amide bonds. The first kappa shape index (κ1) is 18.0. The number of carbonyl (C=O) groups is 1. The quantitative estimate of drug-likeness (QED) is 0.779. The van der Waals surface area contributed by atoms with Gasteiger partial charge in [0.05, 0.1) is 11.8 Å². The number of aryl methyl sites for hydroxylation is 1. The molecule has 1 fully saturated rings. The summed E-state index contributed by atoms with van der Waals surface area (Å²) in [4.78, 5) is 21.1. The Labute approximate surface area is 151 Å². The lowest BCUT2D eigenvalue weighted by Gasteiger charge is -2.14. The summed E-state index contributed by atoms with van der Waals surface area (Å²) >= 11 is 1.52. The molecule has 0 radical (unpaired) electrons. The standard InChI is InChI=1S/C17H24N4O3S/c1-11-5-13(24-19-11)6-12-7-21(8-15(12)23-4)17(22)14-10-25-16(18-14)9-20(2)3/h5,10,12,15H,6-9H2,1-4H3/t12-,15+/m1/s1. The van der Waals surface area contributed by atoms with Gasteiger partial charge in [-0.3, -0.25) is 4.79 Å². The largest absolute Gasteiger partial charge is 0.379 e. The molecule has 3 rings (SSSR count). The average molecular weight is 364 g/mol. The van der Waals surface area contributed by atoms with Crippen molar-refractivity contribution in [1.29, 1.82) is 0 Å². The maximum absolute atomic E-state index is 12.8. The summed E-state index contributed by atoms with van der Waals surface area (Å²) in [6.07, 6.45) is 0.709. The molecule has 0 aliphatic carbocycles. The molecule has 0 N–H and O–H groups in total. The SMILES string of the molecule is CO[C@H]1CN(C(=O)c2csc(CN(C)C)n2)C[C@H]1Cc1cc(C)no1. The highest BCUT2D eigenvalue weighted by atomic mass is 32.1. The van der Waals surface area contributed by atoms with Crippen molar-refractivity contribution in [3.63, 3.8) is 0 Å². The number of hydrogen-bond donors (Lipinski definition) is 0. The van der Waals surface area contributed by atoms with Gasteiger partial charge in [-0.15, -0.1) is 11.3 Å². The van der Waals surface area contributed by atoms with Crippen LogP contribution in [-0.2, 0) is 17.7 Å². The summed E-state index contributed by atoms with van der Waals surface area (Å²) in [6.45, 7) is 3.86. The van der Waals surface area contributed by atoms with Gasteiger partial charge in [-0.05, 0) is 21.0 Å². The van der Waals surface area contributed by atoms with E-state index in [4.69, 9.17) is 9.26 Å². The van der Waals surface area contributed by atoms with Crippen LogP contribution in [0.25, 0.3) is 0 Å². The second kappa shape index (κ2) is 7.63. The number of carbonyl (C=O) groups excluding carboxylic acids is 1. The third-order valence-corrected chi connectivity index (χ3v) is 5.17. The zero-order valence-electron chi connectivity index (χ0n) is 15.1. The van der Waals surface area contributed by atoms with Crippen LogP contribution in [0, 0.1) is 12.8 Å². The monoisotopic (exact) mass is 364 g/mol. The van der Waals surface area contributed by atoms with E-state index < -0.39 is 0 Å². The van der Waals surface area contributed by atoms with Gasteiger partial charge in [-0.25, -0.2) is 4.98 Å². The molecule has 1 saturated heterocycles. The van der Waals surface area contributed by atoms with Crippen LogP contribution in [0.1, 0.15) is 27.0 Å². The highest BCUT2D eigenvalue weighted by Crippen LogP contribution is 2.26. The second-order valence-electron chi connectivity index (χ2n) is 6.75. The first-order valence-electron chi connectivity index (χ1n) is 8.29. The van der Waals surface area contributed by atoms with E-state index in [0.29, 0.717) is 25.2 Å². The van der Waals surface area contributed by atoms with Gasteiger partial charge in [0.15, 0.2) is 0 Å². The van der Waals surface area contributed by atoms with E-state index in [1.807, 2.05) is 42.3 Å². The third-order valence-electron chi connectivity index (χ3n) is 4.33. The van der Waals surface area contributed by atoms with Crippen molar-refractivity contribution in [3.05, 3.63) is 33.6 Å². The van der Waals surface area contributed by atoms with Crippen LogP contribution in [0.15, 0.2) is 16.0 Å². The normalized spacial score (nSPS) is 20.6. The number of thiazole rings is 1. The van der Waals surface area contributed by atoms with Gasteiger partial charge in [0.2, 0.25) is 0 Å². The Kier molecular flexibility index (Phi) is 5.51. The Morgan fingerprint density at radius 3 is 2.92 bits per heavy atom. The number of nitrogens with zero attached hydrogens (tertiary/aromatic N) is 4. The number of methoxy groups -OCH3 is 1. The lowest BCUT2D eigenvalue weighted by atomic mass is 10.0. The van der Waals surface area contributed by atoms with E-state index in [1.165, 1.54) is 11.3 Å². The number of rotatable bonds is 6. The maximum atomic E-state index is 12.8. The fourth-order valence-electron chi connectivity index (χ4n) is 3.16. The summed E-state index contributed by atoms with van der Waals surface area (Å²) in [7, 11) is 5.67. The van der Waals surface area contributed by atoms with Crippen LogP contribution in [0.2, 0.25) is 0 Å². The van der Waals surface area contributed by atoms with Crippen LogP contribution in [-0.4, -0.2) is 66.2 Å². The van der Waals surface area contributed by atoms with Gasteiger partial charge in [0, 0.05) is 50.5 Å². The molecule has 0 bridgehead atoms. The van der Waals surface area contributed by atoms with Gasteiger partial charge in [0.1, 0.15) is 16.5 Å². The number of likely N-dealkylation sites (tertiary alicyclic amines) is 1. The van der Waals surface area contributed by atoms with E-state index in [-0.39, 0.29) is 17.9 Å². The van der Waals surface area contributed by atoms with Gasteiger partial charge in [0.25, 0.3) is 5.91 Å². The minimum Gasteiger partial charge on any atom is -0.379 e. The predicted octanol–water partition coefficient (Wildman–Crippen LogP) is 1.83. The topological polar surface area (TPSA) is 71.7 Å². The number of amides is 1.